The van der Waals surface area contributed by atoms with Gasteiger partial charge in [-0.15, -0.1) is 11.3 Å². The second-order valence-electron chi connectivity index (χ2n) is 4.24. The van der Waals surface area contributed by atoms with Gasteiger partial charge in [-0.2, -0.15) is 5.10 Å². The van der Waals surface area contributed by atoms with Crippen molar-refractivity contribution in [2.75, 3.05) is 11.9 Å². The maximum Gasteiger partial charge on any atom is 0.303 e. The highest BCUT2D eigenvalue weighted by Crippen LogP contribution is 2.16. The molecule has 0 aliphatic rings. The first-order valence-electron chi connectivity index (χ1n) is 6.01. The van der Waals surface area contributed by atoms with Crippen LogP contribution in [0.5, 0.6) is 0 Å². The van der Waals surface area contributed by atoms with E-state index in [1.54, 1.807) is 4.68 Å². The maximum absolute atomic E-state index is 10.5. The van der Waals surface area contributed by atoms with Gasteiger partial charge in [0.2, 0.25) is 0 Å². The Kier molecular flexibility index (Phi) is 4.51. The van der Waals surface area contributed by atoms with Crippen molar-refractivity contribution in [1.29, 1.82) is 0 Å². The van der Waals surface area contributed by atoms with Crippen LogP contribution in [0.1, 0.15) is 17.7 Å². The molecule has 0 aromatic carbocycles. The molecule has 19 heavy (non-hydrogen) atoms. The number of hydrogen-bond donors (Lipinski definition) is 2. The average molecular weight is 280 g/mol. The normalized spacial score (nSPS) is 10.6. The van der Waals surface area contributed by atoms with Gasteiger partial charge in [0, 0.05) is 31.6 Å². The van der Waals surface area contributed by atoms with Crippen molar-refractivity contribution in [1.82, 2.24) is 14.8 Å². The van der Waals surface area contributed by atoms with Crippen molar-refractivity contribution in [3.63, 3.8) is 0 Å². The van der Waals surface area contributed by atoms with Crippen LogP contribution in [0, 0.1) is 0 Å². The van der Waals surface area contributed by atoms with Gasteiger partial charge >= 0.3 is 5.97 Å². The fraction of sp³-hybridized carbons (Fsp3) is 0.417. The molecule has 0 atom stereocenters. The second kappa shape index (κ2) is 6.33. The first-order valence-corrected chi connectivity index (χ1v) is 6.89. The number of aryl methyl sites for hydroxylation is 2. The Balaban J connectivity index is 1.75. The summed E-state index contributed by atoms with van der Waals surface area (Å²) in [5.41, 5.74) is 2.01. The lowest BCUT2D eigenvalue weighted by Gasteiger charge is -2.00. The molecule has 2 heterocycles. The predicted molar refractivity (Wildman–Crippen MR) is 73.5 cm³/mol. The number of thiazole rings is 1. The summed E-state index contributed by atoms with van der Waals surface area (Å²) >= 11 is 1.51. The molecular weight excluding hydrogens is 264 g/mol. The van der Waals surface area contributed by atoms with Gasteiger partial charge < -0.3 is 10.4 Å². The minimum absolute atomic E-state index is 0.124. The molecule has 0 fully saturated rings. The van der Waals surface area contributed by atoms with E-state index in [-0.39, 0.29) is 6.42 Å². The number of anilines is 1. The first-order chi connectivity index (χ1) is 9.13. The largest absolute Gasteiger partial charge is 0.481 e. The Morgan fingerprint density at radius 2 is 2.37 bits per heavy atom. The second-order valence-corrected chi connectivity index (χ2v) is 5.09. The lowest BCUT2D eigenvalue weighted by Crippen LogP contribution is -2.04. The Morgan fingerprint density at radius 3 is 3.05 bits per heavy atom. The standard InChI is InChI=1S/C12H16N4O2S/c1-16-7-9(6-14-16)4-5-13-12-15-10(8-19-12)2-3-11(17)18/h6-8H,2-5H2,1H3,(H,13,15)(H,17,18). The van der Waals surface area contributed by atoms with Crippen LogP contribution >= 0.6 is 11.3 Å². The minimum atomic E-state index is -0.793. The fourth-order valence-corrected chi connectivity index (χ4v) is 2.43. The lowest BCUT2D eigenvalue weighted by atomic mass is 10.2. The van der Waals surface area contributed by atoms with E-state index in [1.807, 2.05) is 24.8 Å². The van der Waals surface area contributed by atoms with Gasteiger partial charge in [-0.1, -0.05) is 0 Å². The summed E-state index contributed by atoms with van der Waals surface area (Å²) in [7, 11) is 1.90. The van der Waals surface area contributed by atoms with Gasteiger partial charge in [0.15, 0.2) is 5.13 Å². The predicted octanol–water partition coefficient (Wildman–Crippen LogP) is 1.55. The molecule has 2 N–H and O–H groups in total. The highest BCUT2D eigenvalue weighted by atomic mass is 32.1. The number of nitrogens with zero attached hydrogens (tertiary/aromatic N) is 3. The van der Waals surface area contributed by atoms with E-state index < -0.39 is 5.97 Å². The van der Waals surface area contributed by atoms with Crippen molar-refractivity contribution >= 4 is 22.4 Å². The molecule has 102 valence electrons. The van der Waals surface area contributed by atoms with Crippen molar-refractivity contribution < 1.29 is 9.90 Å². The molecular formula is C12H16N4O2S. The van der Waals surface area contributed by atoms with Crippen molar-refractivity contribution in [2.24, 2.45) is 7.05 Å². The van der Waals surface area contributed by atoms with E-state index in [0.717, 1.165) is 23.8 Å². The summed E-state index contributed by atoms with van der Waals surface area (Å²) in [6.45, 7) is 0.789. The summed E-state index contributed by atoms with van der Waals surface area (Å²) in [5.74, 6) is -0.793. The quantitative estimate of drug-likeness (QED) is 0.804. The van der Waals surface area contributed by atoms with Crippen LogP contribution in [0.25, 0.3) is 0 Å². The number of aromatic nitrogens is 3. The van der Waals surface area contributed by atoms with E-state index in [4.69, 9.17) is 5.11 Å². The molecule has 0 unspecified atom stereocenters. The van der Waals surface area contributed by atoms with Crippen LogP contribution in [0.4, 0.5) is 5.13 Å². The van der Waals surface area contributed by atoms with E-state index >= 15 is 0 Å². The lowest BCUT2D eigenvalue weighted by molar-refractivity contribution is -0.136. The highest BCUT2D eigenvalue weighted by Gasteiger charge is 2.04. The van der Waals surface area contributed by atoms with Gasteiger partial charge in [-0.3, -0.25) is 9.48 Å². The number of carbonyl (C=O) groups is 1. The zero-order chi connectivity index (χ0) is 13.7. The summed E-state index contributed by atoms with van der Waals surface area (Å²) in [6.07, 6.45) is 5.33. The number of carboxylic acid groups (broad SMARTS) is 1. The maximum atomic E-state index is 10.5. The summed E-state index contributed by atoms with van der Waals surface area (Å²) in [4.78, 5) is 14.8. The van der Waals surface area contributed by atoms with Crippen LogP contribution < -0.4 is 5.32 Å². The molecule has 0 saturated carbocycles. The average Bonchev–Trinajstić information content (AvgIpc) is 2.96. The van der Waals surface area contributed by atoms with Crippen molar-refractivity contribution in [3.8, 4) is 0 Å². The number of rotatable bonds is 7. The zero-order valence-corrected chi connectivity index (χ0v) is 11.5. The highest BCUT2D eigenvalue weighted by molar-refractivity contribution is 7.13. The van der Waals surface area contributed by atoms with E-state index in [9.17, 15) is 4.79 Å². The number of aliphatic carboxylic acids is 1. The molecule has 7 heteroatoms. The summed E-state index contributed by atoms with van der Waals surface area (Å²) < 4.78 is 1.78. The topological polar surface area (TPSA) is 80.0 Å². The molecule has 0 aliphatic carbocycles. The van der Waals surface area contributed by atoms with Gasteiger partial charge in [0.25, 0.3) is 0 Å². The van der Waals surface area contributed by atoms with Crippen LogP contribution in [0.15, 0.2) is 17.8 Å². The third kappa shape index (κ3) is 4.36. The van der Waals surface area contributed by atoms with Gasteiger partial charge in [0.1, 0.15) is 0 Å². The minimum Gasteiger partial charge on any atom is -0.481 e. The van der Waals surface area contributed by atoms with Crippen LogP contribution in [-0.4, -0.2) is 32.4 Å². The number of nitrogens with one attached hydrogen (secondary N) is 1. The fourth-order valence-electron chi connectivity index (χ4n) is 1.65. The van der Waals surface area contributed by atoms with Crippen LogP contribution in [0.2, 0.25) is 0 Å². The summed E-state index contributed by atoms with van der Waals surface area (Å²) in [6, 6.07) is 0. The zero-order valence-electron chi connectivity index (χ0n) is 10.7. The summed E-state index contributed by atoms with van der Waals surface area (Å²) in [5, 5.41) is 18.7. The molecule has 0 amide bonds. The monoisotopic (exact) mass is 280 g/mol. The van der Waals surface area contributed by atoms with Crippen LogP contribution in [-0.2, 0) is 24.7 Å². The molecule has 0 saturated heterocycles. The Labute approximate surface area is 115 Å². The molecule has 0 aliphatic heterocycles. The van der Waals surface area contributed by atoms with E-state index in [1.165, 1.54) is 16.9 Å². The SMILES string of the molecule is Cn1cc(CCNc2nc(CCC(=O)O)cs2)cn1. The van der Waals surface area contributed by atoms with Crippen molar-refractivity contribution in [2.45, 2.75) is 19.3 Å². The number of hydrogen-bond acceptors (Lipinski definition) is 5. The number of carboxylic acids is 1. The first kappa shape index (κ1) is 13.5. The van der Waals surface area contributed by atoms with E-state index in [0.29, 0.717) is 6.42 Å². The third-order valence-corrected chi connectivity index (χ3v) is 3.44. The smallest absolute Gasteiger partial charge is 0.303 e. The molecule has 2 rings (SSSR count). The Bertz CT molecular complexity index is 549. The van der Waals surface area contributed by atoms with Crippen LogP contribution in [0.3, 0.4) is 0 Å². The third-order valence-electron chi connectivity index (χ3n) is 2.60. The van der Waals surface area contributed by atoms with Gasteiger partial charge in [0.05, 0.1) is 18.3 Å². The van der Waals surface area contributed by atoms with Crippen molar-refractivity contribution in [3.05, 3.63) is 29.0 Å². The Morgan fingerprint density at radius 1 is 1.53 bits per heavy atom. The molecule has 0 spiro atoms. The molecule has 0 bridgehead atoms. The van der Waals surface area contributed by atoms with E-state index in [2.05, 4.69) is 15.4 Å². The molecule has 0 radical (unpaired) electrons. The molecule has 2 aromatic heterocycles. The Hall–Kier alpha value is -1.89. The van der Waals surface area contributed by atoms with Gasteiger partial charge in [-0.25, -0.2) is 4.98 Å². The molecule has 2 aromatic rings. The van der Waals surface area contributed by atoms with Gasteiger partial charge in [-0.05, 0) is 12.0 Å². The molecule has 6 nitrogen and oxygen atoms in total.